The average Bonchev–Trinajstić information content (AvgIpc) is 2.61. The average molecular weight is 378 g/mol. The van der Waals surface area contributed by atoms with Crippen LogP contribution in [0.1, 0.15) is 12.5 Å². The predicted octanol–water partition coefficient (Wildman–Crippen LogP) is 2.32. The second kappa shape index (κ2) is 8.09. The molecule has 8 heteroatoms. The Balaban J connectivity index is 2.20. The van der Waals surface area contributed by atoms with E-state index in [0.717, 1.165) is 5.56 Å². The van der Waals surface area contributed by atoms with Gasteiger partial charge in [-0.05, 0) is 55.8 Å². The van der Waals surface area contributed by atoms with Crippen molar-refractivity contribution in [2.75, 3.05) is 18.9 Å². The molecule has 0 unspecified atom stereocenters. The molecule has 0 fully saturated rings. The van der Waals surface area contributed by atoms with Gasteiger partial charge in [0, 0.05) is 7.05 Å². The van der Waals surface area contributed by atoms with E-state index in [0.29, 0.717) is 17.2 Å². The van der Waals surface area contributed by atoms with Crippen molar-refractivity contribution in [2.45, 2.75) is 24.8 Å². The molecule has 0 spiro atoms. The van der Waals surface area contributed by atoms with E-state index in [1.165, 1.54) is 38.4 Å². The van der Waals surface area contributed by atoms with Crippen LogP contribution in [0.5, 0.6) is 11.5 Å². The van der Waals surface area contributed by atoms with Crippen molar-refractivity contribution in [3.8, 4) is 11.5 Å². The zero-order valence-electron chi connectivity index (χ0n) is 15.1. The molecule has 0 saturated heterocycles. The summed E-state index contributed by atoms with van der Waals surface area (Å²) in [6.45, 7) is 3.46. The number of nitrogens with one attached hydrogen (secondary N) is 2. The number of rotatable bonds is 7. The zero-order chi connectivity index (χ0) is 19.3. The fourth-order valence-corrected chi connectivity index (χ4v) is 3.32. The molecule has 1 amide bonds. The maximum absolute atomic E-state index is 12.6. The number of hydrogen-bond donors (Lipinski definition) is 2. The first-order valence-corrected chi connectivity index (χ1v) is 9.41. The summed E-state index contributed by atoms with van der Waals surface area (Å²) in [5.74, 6) is 0.557. The lowest BCUT2D eigenvalue weighted by atomic mass is 10.2. The molecule has 2 aromatic rings. The van der Waals surface area contributed by atoms with E-state index in [-0.39, 0.29) is 10.8 Å². The van der Waals surface area contributed by atoms with Gasteiger partial charge < -0.3 is 14.8 Å². The highest BCUT2D eigenvalue weighted by Gasteiger charge is 2.18. The monoisotopic (exact) mass is 378 g/mol. The molecular weight excluding hydrogens is 356 g/mol. The van der Waals surface area contributed by atoms with Gasteiger partial charge in [0.1, 0.15) is 11.5 Å². The molecule has 0 aliphatic carbocycles. The number of carbonyl (C=O) groups is 1. The summed E-state index contributed by atoms with van der Waals surface area (Å²) < 4.78 is 38.4. The Morgan fingerprint density at radius 3 is 2.35 bits per heavy atom. The Morgan fingerprint density at radius 1 is 1.12 bits per heavy atom. The van der Waals surface area contributed by atoms with Gasteiger partial charge in [0.15, 0.2) is 6.10 Å². The third-order valence-electron chi connectivity index (χ3n) is 3.66. The zero-order valence-corrected chi connectivity index (χ0v) is 15.9. The lowest BCUT2D eigenvalue weighted by Crippen LogP contribution is -2.33. The van der Waals surface area contributed by atoms with Crippen LogP contribution in [0.15, 0.2) is 47.4 Å². The molecule has 140 valence electrons. The third-order valence-corrected chi connectivity index (χ3v) is 5.04. The number of likely N-dealkylation sites (N-methyl/N-ethyl adjacent to an activating group) is 1. The molecule has 0 bridgehead atoms. The molecule has 1 atom stereocenters. The lowest BCUT2D eigenvalue weighted by molar-refractivity contribution is -0.126. The number of sulfonamides is 1. The highest BCUT2D eigenvalue weighted by Crippen LogP contribution is 2.28. The minimum absolute atomic E-state index is 0.0704. The first kappa shape index (κ1) is 19.6. The summed E-state index contributed by atoms with van der Waals surface area (Å²) in [7, 11) is -0.802. The van der Waals surface area contributed by atoms with Crippen molar-refractivity contribution < 1.29 is 22.7 Å². The Labute approximate surface area is 153 Å². The van der Waals surface area contributed by atoms with Crippen molar-refractivity contribution in [1.82, 2.24) is 5.32 Å². The van der Waals surface area contributed by atoms with Crippen LogP contribution in [0.25, 0.3) is 0 Å². The van der Waals surface area contributed by atoms with Gasteiger partial charge in [0.05, 0.1) is 17.7 Å². The molecular formula is C18H22N2O5S. The van der Waals surface area contributed by atoms with E-state index in [1.807, 2.05) is 13.0 Å². The second-order valence-electron chi connectivity index (χ2n) is 5.65. The van der Waals surface area contributed by atoms with Crippen LogP contribution in [-0.4, -0.2) is 34.6 Å². The van der Waals surface area contributed by atoms with Gasteiger partial charge in [0.25, 0.3) is 15.9 Å². The molecule has 26 heavy (non-hydrogen) atoms. The van der Waals surface area contributed by atoms with Crippen molar-refractivity contribution in [3.63, 3.8) is 0 Å². The molecule has 2 N–H and O–H groups in total. The minimum Gasteiger partial charge on any atom is -0.495 e. The summed E-state index contributed by atoms with van der Waals surface area (Å²) in [6, 6.07) is 11.1. The van der Waals surface area contributed by atoms with Crippen LogP contribution in [0.2, 0.25) is 0 Å². The Kier molecular flexibility index (Phi) is 6.10. The normalized spacial score (nSPS) is 12.2. The van der Waals surface area contributed by atoms with Crippen molar-refractivity contribution >= 4 is 21.6 Å². The maximum atomic E-state index is 12.6. The number of methoxy groups -OCH3 is 1. The van der Waals surface area contributed by atoms with E-state index in [1.54, 1.807) is 19.1 Å². The van der Waals surface area contributed by atoms with Gasteiger partial charge in [-0.1, -0.05) is 6.07 Å². The highest BCUT2D eigenvalue weighted by molar-refractivity contribution is 7.92. The van der Waals surface area contributed by atoms with Crippen LogP contribution in [-0.2, 0) is 14.8 Å². The van der Waals surface area contributed by atoms with E-state index in [2.05, 4.69) is 10.0 Å². The van der Waals surface area contributed by atoms with E-state index in [4.69, 9.17) is 9.47 Å². The Hall–Kier alpha value is -2.74. The molecule has 0 aliphatic heterocycles. The van der Waals surface area contributed by atoms with Gasteiger partial charge in [-0.25, -0.2) is 8.42 Å². The molecule has 7 nitrogen and oxygen atoms in total. The third kappa shape index (κ3) is 4.66. The van der Waals surface area contributed by atoms with E-state index in [9.17, 15) is 13.2 Å². The number of aryl methyl sites for hydroxylation is 1. The summed E-state index contributed by atoms with van der Waals surface area (Å²) in [4.78, 5) is 11.5. The lowest BCUT2D eigenvalue weighted by Gasteiger charge is -2.14. The highest BCUT2D eigenvalue weighted by atomic mass is 32.2. The van der Waals surface area contributed by atoms with Gasteiger partial charge in [-0.3, -0.25) is 9.52 Å². The van der Waals surface area contributed by atoms with Gasteiger partial charge in [0.2, 0.25) is 0 Å². The SMILES string of the molecule is CNC(=O)[C@H](C)Oc1ccc(S(=O)(=O)Nc2cc(C)ccc2OC)cc1. The summed E-state index contributed by atoms with van der Waals surface area (Å²) in [6.07, 6.45) is -0.683. The van der Waals surface area contributed by atoms with Crippen molar-refractivity contribution in [2.24, 2.45) is 0 Å². The Bertz CT molecular complexity index is 879. The van der Waals surface area contributed by atoms with E-state index >= 15 is 0 Å². The molecule has 0 aromatic heterocycles. The van der Waals surface area contributed by atoms with Crippen molar-refractivity contribution in [3.05, 3.63) is 48.0 Å². The van der Waals surface area contributed by atoms with Crippen molar-refractivity contribution in [1.29, 1.82) is 0 Å². The number of hydrogen-bond acceptors (Lipinski definition) is 5. The smallest absolute Gasteiger partial charge is 0.262 e. The first-order valence-electron chi connectivity index (χ1n) is 7.92. The van der Waals surface area contributed by atoms with Gasteiger partial charge >= 0.3 is 0 Å². The van der Waals surface area contributed by atoms with Gasteiger partial charge in [-0.15, -0.1) is 0 Å². The van der Waals surface area contributed by atoms with Crippen LogP contribution in [0.3, 0.4) is 0 Å². The molecule has 0 aliphatic rings. The minimum atomic E-state index is -3.79. The second-order valence-corrected chi connectivity index (χ2v) is 7.34. The largest absolute Gasteiger partial charge is 0.495 e. The first-order chi connectivity index (χ1) is 12.3. The number of anilines is 1. The summed E-state index contributed by atoms with van der Waals surface area (Å²) >= 11 is 0. The summed E-state index contributed by atoms with van der Waals surface area (Å²) in [5, 5.41) is 2.48. The number of ether oxygens (including phenoxy) is 2. The molecule has 2 aromatic carbocycles. The fourth-order valence-electron chi connectivity index (χ4n) is 2.26. The Morgan fingerprint density at radius 2 is 1.77 bits per heavy atom. The molecule has 2 rings (SSSR count). The maximum Gasteiger partial charge on any atom is 0.262 e. The fraction of sp³-hybridized carbons (Fsp3) is 0.278. The molecule has 0 heterocycles. The van der Waals surface area contributed by atoms with Crippen LogP contribution in [0, 0.1) is 6.92 Å². The van der Waals surface area contributed by atoms with Crippen LogP contribution in [0.4, 0.5) is 5.69 Å². The number of benzene rings is 2. The number of carbonyl (C=O) groups excluding carboxylic acids is 1. The quantitative estimate of drug-likeness (QED) is 0.771. The standard InChI is InChI=1S/C18H22N2O5S/c1-12-5-10-17(24-4)16(11-12)20-26(22,23)15-8-6-14(7-9-15)25-13(2)18(21)19-3/h5-11,13,20H,1-4H3,(H,19,21)/t13-/m0/s1. The van der Waals surface area contributed by atoms with Crippen LogP contribution < -0.4 is 19.5 Å². The van der Waals surface area contributed by atoms with E-state index < -0.39 is 16.1 Å². The number of amides is 1. The topological polar surface area (TPSA) is 93.7 Å². The molecule has 0 radical (unpaired) electrons. The van der Waals surface area contributed by atoms with Crippen LogP contribution >= 0.6 is 0 Å². The predicted molar refractivity (Wildman–Crippen MR) is 99.1 cm³/mol. The molecule has 0 saturated carbocycles. The van der Waals surface area contributed by atoms with Gasteiger partial charge in [-0.2, -0.15) is 0 Å². The summed E-state index contributed by atoms with van der Waals surface area (Å²) in [5.41, 5.74) is 1.26.